The van der Waals surface area contributed by atoms with Crippen molar-refractivity contribution in [1.29, 1.82) is 0 Å². The van der Waals surface area contributed by atoms with Gasteiger partial charge >= 0.3 is 0 Å². The standard InChI is InChI=1S/C12H20N4OS/c1-7(9(17)14-8-5-6-8)13-11-15-10(16-18-11)12(2,3)4/h7-8H,5-6H2,1-4H3,(H,14,17)(H,13,15,16). The van der Waals surface area contributed by atoms with Crippen LogP contribution in [0.2, 0.25) is 0 Å². The zero-order valence-electron chi connectivity index (χ0n) is 11.3. The summed E-state index contributed by atoms with van der Waals surface area (Å²) in [5.41, 5.74) is -0.0596. The summed E-state index contributed by atoms with van der Waals surface area (Å²) in [5, 5.41) is 6.77. The average Bonchev–Trinajstić information content (AvgIpc) is 2.92. The monoisotopic (exact) mass is 268 g/mol. The molecule has 1 atom stereocenters. The Labute approximate surface area is 112 Å². The summed E-state index contributed by atoms with van der Waals surface area (Å²) in [6, 6.07) is 0.118. The lowest BCUT2D eigenvalue weighted by molar-refractivity contribution is -0.121. The van der Waals surface area contributed by atoms with E-state index in [0.29, 0.717) is 11.2 Å². The van der Waals surface area contributed by atoms with Crippen LogP contribution in [0, 0.1) is 0 Å². The predicted molar refractivity (Wildman–Crippen MR) is 72.9 cm³/mol. The third-order valence-corrected chi connectivity index (χ3v) is 3.40. The predicted octanol–water partition coefficient (Wildman–Crippen LogP) is 1.91. The van der Waals surface area contributed by atoms with E-state index in [1.165, 1.54) is 11.5 Å². The summed E-state index contributed by atoms with van der Waals surface area (Å²) < 4.78 is 4.31. The molecule has 2 N–H and O–H groups in total. The Morgan fingerprint density at radius 3 is 2.61 bits per heavy atom. The van der Waals surface area contributed by atoms with Gasteiger partial charge in [0.05, 0.1) is 0 Å². The molecule has 1 fully saturated rings. The topological polar surface area (TPSA) is 66.9 Å². The second kappa shape index (κ2) is 4.84. The lowest BCUT2D eigenvalue weighted by atomic mass is 9.96. The summed E-state index contributed by atoms with van der Waals surface area (Å²) in [4.78, 5) is 16.2. The molecule has 1 aromatic heterocycles. The van der Waals surface area contributed by atoms with E-state index in [4.69, 9.17) is 0 Å². The molecule has 0 aromatic carbocycles. The molecule has 0 spiro atoms. The summed E-state index contributed by atoms with van der Waals surface area (Å²) in [7, 11) is 0. The van der Waals surface area contributed by atoms with Crippen LogP contribution in [0.25, 0.3) is 0 Å². The van der Waals surface area contributed by atoms with E-state index in [1.54, 1.807) is 0 Å². The summed E-state index contributed by atoms with van der Waals surface area (Å²) in [6.45, 7) is 8.06. The van der Waals surface area contributed by atoms with Crippen LogP contribution in [0.15, 0.2) is 0 Å². The van der Waals surface area contributed by atoms with E-state index >= 15 is 0 Å². The van der Waals surface area contributed by atoms with E-state index in [2.05, 4.69) is 40.8 Å². The number of nitrogens with zero attached hydrogens (tertiary/aromatic N) is 2. The van der Waals surface area contributed by atoms with E-state index in [0.717, 1.165) is 18.7 Å². The van der Waals surface area contributed by atoms with Gasteiger partial charge < -0.3 is 10.6 Å². The first kappa shape index (κ1) is 13.3. The van der Waals surface area contributed by atoms with Crippen molar-refractivity contribution in [3.63, 3.8) is 0 Å². The number of hydrogen-bond donors (Lipinski definition) is 2. The highest BCUT2D eigenvalue weighted by molar-refractivity contribution is 7.09. The molecule has 1 aliphatic rings. The van der Waals surface area contributed by atoms with E-state index < -0.39 is 0 Å². The summed E-state index contributed by atoms with van der Waals surface area (Å²) in [5.74, 6) is 0.842. The molecule has 1 aromatic rings. The molecule has 100 valence electrons. The highest BCUT2D eigenvalue weighted by Gasteiger charge is 2.26. The molecule has 1 unspecified atom stereocenters. The van der Waals surface area contributed by atoms with Crippen molar-refractivity contribution in [3.8, 4) is 0 Å². The first-order valence-electron chi connectivity index (χ1n) is 6.27. The van der Waals surface area contributed by atoms with Gasteiger partial charge in [0.15, 0.2) is 0 Å². The van der Waals surface area contributed by atoms with E-state index in [1.807, 2.05) is 6.92 Å². The molecule has 1 heterocycles. The smallest absolute Gasteiger partial charge is 0.242 e. The van der Waals surface area contributed by atoms with Crippen LogP contribution in [0.4, 0.5) is 5.13 Å². The SMILES string of the molecule is CC(Nc1nc(C(C)(C)C)ns1)C(=O)NC1CC1. The Bertz CT molecular complexity index is 434. The van der Waals surface area contributed by atoms with Crippen molar-refractivity contribution >= 4 is 22.6 Å². The number of carbonyl (C=O) groups excluding carboxylic acids is 1. The number of anilines is 1. The van der Waals surface area contributed by atoms with Crippen LogP contribution in [0.1, 0.15) is 46.4 Å². The number of nitrogens with one attached hydrogen (secondary N) is 2. The minimum atomic E-state index is -0.272. The minimum absolute atomic E-state index is 0.0324. The second-order valence-corrected chi connectivity index (χ2v) is 6.57. The molecule has 1 amide bonds. The normalized spacial score (nSPS) is 17.3. The fourth-order valence-corrected chi connectivity index (χ4v) is 2.24. The summed E-state index contributed by atoms with van der Waals surface area (Å²) in [6.07, 6.45) is 2.21. The van der Waals surface area contributed by atoms with Crippen molar-refractivity contribution in [2.45, 2.75) is 58.0 Å². The van der Waals surface area contributed by atoms with Crippen molar-refractivity contribution < 1.29 is 4.79 Å². The maximum absolute atomic E-state index is 11.8. The Morgan fingerprint density at radius 2 is 2.11 bits per heavy atom. The largest absolute Gasteiger partial charge is 0.352 e. The van der Waals surface area contributed by atoms with E-state index in [-0.39, 0.29) is 17.4 Å². The van der Waals surface area contributed by atoms with Crippen LogP contribution >= 0.6 is 11.5 Å². The first-order valence-corrected chi connectivity index (χ1v) is 7.04. The molecule has 18 heavy (non-hydrogen) atoms. The molecule has 0 bridgehead atoms. The van der Waals surface area contributed by atoms with Gasteiger partial charge in [-0.05, 0) is 19.8 Å². The highest BCUT2D eigenvalue weighted by Crippen LogP contribution is 2.23. The molecular weight excluding hydrogens is 248 g/mol. The van der Waals surface area contributed by atoms with Crippen LogP contribution in [0.5, 0.6) is 0 Å². The van der Waals surface area contributed by atoms with Crippen LogP contribution in [0.3, 0.4) is 0 Å². The molecule has 2 rings (SSSR count). The maximum Gasteiger partial charge on any atom is 0.242 e. The second-order valence-electron chi connectivity index (χ2n) is 5.82. The number of carbonyl (C=O) groups is 1. The molecule has 1 aliphatic carbocycles. The van der Waals surface area contributed by atoms with Crippen LogP contribution < -0.4 is 10.6 Å². The first-order chi connectivity index (χ1) is 8.36. The Balaban J connectivity index is 1.91. The third-order valence-electron chi connectivity index (χ3n) is 2.75. The third kappa shape index (κ3) is 3.41. The molecule has 0 radical (unpaired) electrons. The van der Waals surface area contributed by atoms with Crippen molar-refractivity contribution in [3.05, 3.63) is 5.82 Å². The summed E-state index contributed by atoms with van der Waals surface area (Å²) >= 11 is 1.30. The number of rotatable bonds is 4. The Kier molecular flexibility index (Phi) is 3.56. The van der Waals surface area contributed by atoms with Crippen molar-refractivity contribution in [1.82, 2.24) is 14.7 Å². The van der Waals surface area contributed by atoms with E-state index in [9.17, 15) is 4.79 Å². The fraction of sp³-hybridized carbons (Fsp3) is 0.750. The highest BCUT2D eigenvalue weighted by atomic mass is 32.1. The minimum Gasteiger partial charge on any atom is -0.352 e. The quantitative estimate of drug-likeness (QED) is 0.875. The van der Waals surface area contributed by atoms with Crippen LogP contribution in [-0.2, 0) is 10.2 Å². The molecule has 0 saturated heterocycles. The molecule has 1 saturated carbocycles. The van der Waals surface area contributed by atoms with Crippen molar-refractivity contribution in [2.75, 3.05) is 5.32 Å². The van der Waals surface area contributed by atoms with Gasteiger partial charge in [0, 0.05) is 23.0 Å². The molecular formula is C12H20N4OS. The van der Waals surface area contributed by atoms with Gasteiger partial charge in [0.25, 0.3) is 0 Å². The fourth-order valence-electron chi connectivity index (χ4n) is 1.39. The molecule has 6 heteroatoms. The Hall–Kier alpha value is -1.17. The number of amides is 1. The Morgan fingerprint density at radius 1 is 1.44 bits per heavy atom. The van der Waals surface area contributed by atoms with Crippen LogP contribution in [-0.4, -0.2) is 27.3 Å². The van der Waals surface area contributed by atoms with Gasteiger partial charge in [-0.1, -0.05) is 20.8 Å². The van der Waals surface area contributed by atoms with Gasteiger partial charge in [0.1, 0.15) is 11.9 Å². The lowest BCUT2D eigenvalue weighted by Gasteiger charge is -2.13. The number of hydrogen-bond acceptors (Lipinski definition) is 5. The average molecular weight is 268 g/mol. The zero-order valence-corrected chi connectivity index (χ0v) is 12.1. The zero-order chi connectivity index (χ0) is 13.3. The number of aromatic nitrogens is 2. The molecule has 5 nitrogen and oxygen atoms in total. The maximum atomic E-state index is 11.8. The van der Waals surface area contributed by atoms with Crippen molar-refractivity contribution in [2.24, 2.45) is 0 Å². The lowest BCUT2D eigenvalue weighted by Crippen LogP contribution is -2.38. The van der Waals surface area contributed by atoms with Gasteiger partial charge in [0.2, 0.25) is 11.0 Å². The molecule has 0 aliphatic heterocycles. The van der Waals surface area contributed by atoms with Gasteiger partial charge in [-0.3, -0.25) is 4.79 Å². The van der Waals surface area contributed by atoms with Gasteiger partial charge in [-0.25, -0.2) is 4.98 Å². The van der Waals surface area contributed by atoms with Gasteiger partial charge in [-0.2, -0.15) is 4.37 Å². The van der Waals surface area contributed by atoms with Gasteiger partial charge in [-0.15, -0.1) is 0 Å².